The number of anilines is 1. The molecule has 0 aromatic heterocycles. The summed E-state index contributed by atoms with van der Waals surface area (Å²) in [7, 11) is 0. The fourth-order valence-corrected chi connectivity index (χ4v) is 3.01. The van der Waals surface area contributed by atoms with E-state index in [4.69, 9.17) is 10.5 Å². The van der Waals surface area contributed by atoms with Gasteiger partial charge in [0.05, 0.1) is 6.61 Å². The minimum absolute atomic E-state index is 0.426. The predicted molar refractivity (Wildman–Crippen MR) is 85.6 cm³/mol. The first kappa shape index (κ1) is 13.9. The maximum atomic E-state index is 11.2. The van der Waals surface area contributed by atoms with Gasteiger partial charge in [-0.3, -0.25) is 4.79 Å². The van der Waals surface area contributed by atoms with Crippen molar-refractivity contribution in [2.45, 2.75) is 13.0 Å². The molecule has 0 aliphatic carbocycles. The lowest BCUT2D eigenvalue weighted by Gasteiger charge is -2.11. The van der Waals surface area contributed by atoms with Gasteiger partial charge in [0.2, 0.25) is 5.91 Å². The minimum Gasteiger partial charge on any atom is -0.493 e. The Kier molecular flexibility index (Phi) is 3.84. The van der Waals surface area contributed by atoms with Gasteiger partial charge in [-0.25, -0.2) is 0 Å². The van der Waals surface area contributed by atoms with Crippen molar-refractivity contribution in [3.63, 3.8) is 0 Å². The highest BCUT2D eigenvalue weighted by atomic mass is 79.9. The van der Waals surface area contributed by atoms with Crippen LogP contribution in [0.3, 0.4) is 0 Å². The smallest absolute Gasteiger partial charge is 0.248 e. The number of primary amides is 1. The van der Waals surface area contributed by atoms with Gasteiger partial charge in [-0.05, 0) is 35.9 Å². The van der Waals surface area contributed by atoms with Gasteiger partial charge in [0.25, 0.3) is 0 Å². The molecule has 2 aromatic rings. The molecule has 2 aromatic carbocycles. The van der Waals surface area contributed by atoms with E-state index in [0.29, 0.717) is 12.1 Å². The zero-order chi connectivity index (χ0) is 14.8. The lowest BCUT2D eigenvalue weighted by atomic mass is 10.1. The molecular weight excluding hydrogens is 332 g/mol. The zero-order valence-corrected chi connectivity index (χ0v) is 12.9. The molecule has 5 heteroatoms. The molecule has 1 amide bonds. The Hall–Kier alpha value is -2.01. The van der Waals surface area contributed by atoms with Crippen LogP contribution in [0.1, 0.15) is 21.5 Å². The molecule has 3 rings (SSSR count). The molecule has 3 N–H and O–H groups in total. The van der Waals surface area contributed by atoms with Gasteiger partial charge >= 0.3 is 0 Å². The molecule has 0 fully saturated rings. The highest BCUT2D eigenvalue weighted by molar-refractivity contribution is 9.10. The van der Waals surface area contributed by atoms with E-state index in [2.05, 4.69) is 33.4 Å². The number of nitrogens with one attached hydrogen (secondary N) is 1. The summed E-state index contributed by atoms with van der Waals surface area (Å²) in [4.78, 5) is 11.2. The Morgan fingerprint density at radius 1 is 1.33 bits per heavy atom. The monoisotopic (exact) mass is 346 g/mol. The molecule has 21 heavy (non-hydrogen) atoms. The van der Waals surface area contributed by atoms with Gasteiger partial charge in [0, 0.05) is 34.3 Å². The molecule has 0 radical (unpaired) electrons. The predicted octanol–water partition coefficient (Wildman–Crippen LogP) is 3.10. The van der Waals surface area contributed by atoms with E-state index in [9.17, 15) is 4.79 Å². The number of benzene rings is 2. The quantitative estimate of drug-likeness (QED) is 0.893. The van der Waals surface area contributed by atoms with Gasteiger partial charge in [-0.2, -0.15) is 0 Å². The number of ether oxygens (including phenoxy) is 1. The number of hydrogen-bond donors (Lipinski definition) is 2. The first-order chi connectivity index (χ1) is 10.1. The summed E-state index contributed by atoms with van der Waals surface area (Å²) in [6, 6.07) is 11.3. The molecule has 1 aliphatic rings. The van der Waals surface area contributed by atoms with Crippen LogP contribution in [-0.4, -0.2) is 12.5 Å². The maximum Gasteiger partial charge on any atom is 0.248 e. The summed E-state index contributed by atoms with van der Waals surface area (Å²) in [5.41, 5.74) is 8.97. The average molecular weight is 347 g/mol. The minimum atomic E-state index is -0.426. The molecule has 108 valence electrons. The molecule has 0 bridgehead atoms. The largest absolute Gasteiger partial charge is 0.493 e. The first-order valence-electron chi connectivity index (χ1n) is 6.71. The number of carbonyl (C=O) groups is 1. The Labute approximate surface area is 131 Å². The normalized spacial score (nSPS) is 12.6. The fourth-order valence-electron chi connectivity index (χ4n) is 2.46. The van der Waals surface area contributed by atoms with Gasteiger partial charge in [-0.15, -0.1) is 0 Å². The van der Waals surface area contributed by atoms with E-state index in [1.54, 1.807) is 12.1 Å². The van der Waals surface area contributed by atoms with Gasteiger partial charge in [0.15, 0.2) is 0 Å². The van der Waals surface area contributed by atoms with Gasteiger partial charge < -0.3 is 15.8 Å². The second kappa shape index (κ2) is 5.77. The summed E-state index contributed by atoms with van der Waals surface area (Å²) in [5, 5.41) is 3.30. The van der Waals surface area contributed by atoms with Crippen molar-refractivity contribution in [2.75, 3.05) is 11.9 Å². The third kappa shape index (κ3) is 3.03. The van der Waals surface area contributed by atoms with Crippen molar-refractivity contribution in [1.82, 2.24) is 0 Å². The van der Waals surface area contributed by atoms with Crippen LogP contribution in [0, 0.1) is 0 Å². The number of carbonyl (C=O) groups excluding carboxylic acids is 1. The second-order valence-corrected chi connectivity index (χ2v) is 5.87. The maximum absolute atomic E-state index is 11.2. The Bertz CT molecular complexity index is 701. The van der Waals surface area contributed by atoms with E-state index >= 15 is 0 Å². The van der Waals surface area contributed by atoms with Crippen LogP contribution in [0.2, 0.25) is 0 Å². The number of hydrogen-bond acceptors (Lipinski definition) is 3. The molecule has 1 aliphatic heterocycles. The molecule has 0 saturated carbocycles. The molecule has 0 unspecified atom stereocenters. The van der Waals surface area contributed by atoms with E-state index in [1.807, 2.05) is 12.1 Å². The van der Waals surface area contributed by atoms with Crippen LogP contribution in [0.15, 0.2) is 40.9 Å². The van der Waals surface area contributed by atoms with Crippen LogP contribution in [0.4, 0.5) is 5.69 Å². The zero-order valence-electron chi connectivity index (χ0n) is 11.4. The van der Waals surface area contributed by atoms with Crippen molar-refractivity contribution in [3.8, 4) is 5.75 Å². The van der Waals surface area contributed by atoms with Crippen LogP contribution < -0.4 is 15.8 Å². The molecule has 1 heterocycles. The molecule has 0 spiro atoms. The van der Waals surface area contributed by atoms with E-state index in [-0.39, 0.29) is 0 Å². The number of rotatable bonds is 4. The van der Waals surface area contributed by atoms with Crippen LogP contribution >= 0.6 is 15.9 Å². The van der Waals surface area contributed by atoms with Gasteiger partial charge in [-0.1, -0.05) is 22.0 Å². The van der Waals surface area contributed by atoms with Crippen molar-refractivity contribution >= 4 is 27.5 Å². The van der Waals surface area contributed by atoms with Crippen LogP contribution in [-0.2, 0) is 13.0 Å². The highest BCUT2D eigenvalue weighted by Crippen LogP contribution is 2.33. The van der Waals surface area contributed by atoms with E-state index in [1.165, 1.54) is 5.56 Å². The van der Waals surface area contributed by atoms with Crippen molar-refractivity contribution in [2.24, 2.45) is 5.73 Å². The lowest BCUT2D eigenvalue weighted by Crippen LogP contribution is -2.11. The Morgan fingerprint density at radius 2 is 2.19 bits per heavy atom. The first-order valence-corrected chi connectivity index (χ1v) is 7.50. The van der Waals surface area contributed by atoms with Gasteiger partial charge in [0.1, 0.15) is 5.75 Å². The standard InChI is InChI=1S/C16H15BrN2O2/c17-13-6-10-4-5-21-15(10)12(7-13)9-19-14-3-1-2-11(8-14)16(18)20/h1-3,6-8,19H,4-5,9H2,(H2,18,20). The molecular formula is C16H15BrN2O2. The summed E-state index contributed by atoms with van der Waals surface area (Å²) in [5.74, 6) is 0.544. The summed E-state index contributed by atoms with van der Waals surface area (Å²) >= 11 is 3.53. The summed E-state index contributed by atoms with van der Waals surface area (Å²) < 4.78 is 6.75. The summed E-state index contributed by atoms with van der Waals surface area (Å²) in [6.45, 7) is 1.36. The number of fused-ring (bicyclic) bond motifs is 1. The SMILES string of the molecule is NC(=O)c1cccc(NCc2cc(Br)cc3c2OCC3)c1. The van der Waals surface area contributed by atoms with E-state index in [0.717, 1.165) is 34.5 Å². The molecule has 0 saturated heterocycles. The summed E-state index contributed by atoms with van der Waals surface area (Å²) in [6.07, 6.45) is 0.943. The topological polar surface area (TPSA) is 64.4 Å². The number of nitrogens with two attached hydrogens (primary N) is 1. The lowest BCUT2D eigenvalue weighted by molar-refractivity contribution is 0.100. The Morgan fingerprint density at radius 3 is 3.00 bits per heavy atom. The van der Waals surface area contributed by atoms with Crippen molar-refractivity contribution < 1.29 is 9.53 Å². The number of halogens is 1. The third-order valence-corrected chi connectivity index (χ3v) is 3.91. The molecule has 0 atom stereocenters. The number of amides is 1. The fraction of sp³-hybridized carbons (Fsp3) is 0.188. The van der Waals surface area contributed by atoms with Crippen LogP contribution in [0.5, 0.6) is 5.75 Å². The Balaban J connectivity index is 1.79. The third-order valence-electron chi connectivity index (χ3n) is 3.46. The van der Waals surface area contributed by atoms with Crippen molar-refractivity contribution in [1.29, 1.82) is 0 Å². The highest BCUT2D eigenvalue weighted by Gasteiger charge is 2.17. The molecule has 4 nitrogen and oxygen atoms in total. The average Bonchev–Trinajstić information content (AvgIpc) is 2.93. The van der Waals surface area contributed by atoms with E-state index < -0.39 is 5.91 Å². The second-order valence-electron chi connectivity index (χ2n) is 4.95. The van der Waals surface area contributed by atoms with Crippen LogP contribution in [0.25, 0.3) is 0 Å². The van der Waals surface area contributed by atoms with Crippen molar-refractivity contribution in [3.05, 3.63) is 57.6 Å².